The van der Waals surface area contributed by atoms with Crippen LogP contribution in [-0.4, -0.2) is 21.0 Å². The quantitative estimate of drug-likeness (QED) is 0.860. The molecule has 1 aromatic carbocycles. The molecular weight excluding hydrogens is 248 g/mol. The first-order chi connectivity index (χ1) is 8.44. The van der Waals surface area contributed by atoms with E-state index in [1.54, 1.807) is 0 Å². The van der Waals surface area contributed by atoms with Crippen LogP contribution in [0.1, 0.15) is 30.9 Å². The summed E-state index contributed by atoms with van der Waals surface area (Å²) in [4.78, 5) is 0.427. The third-order valence-corrected chi connectivity index (χ3v) is 4.83. The van der Waals surface area contributed by atoms with Crippen molar-refractivity contribution < 1.29 is 8.42 Å². The molecule has 0 amide bonds. The Labute approximate surface area is 109 Å². The molecule has 1 aromatic rings. The van der Waals surface area contributed by atoms with Crippen LogP contribution in [0.3, 0.4) is 0 Å². The summed E-state index contributed by atoms with van der Waals surface area (Å²) in [5.41, 5.74) is 2.55. The van der Waals surface area contributed by atoms with E-state index >= 15 is 0 Å². The van der Waals surface area contributed by atoms with Crippen molar-refractivity contribution in [1.82, 2.24) is 4.72 Å². The first-order valence-electron chi connectivity index (χ1n) is 6.31. The molecule has 1 fully saturated rings. The summed E-state index contributed by atoms with van der Waals surface area (Å²) < 4.78 is 27.3. The molecule has 0 aliphatic heterocycles. The lowest BCUT2D eigenvalue weighted by molar-refractivity contribution is 0.580. The molecule has 0 atom stereocenters. The molecule has 0 aromatic heterocycles. The standard InChI is InChI=1S/C13H20N2O2S/c1-4-14-12-7-9(2)13(10(3)8-12)18(16,17)15-11-5-6-11/h7-8,11,14-15H,4-6H2,1-3H3. The molecule has 2 rings (SSSR count). The predicted octanol–water partition coefficient (Wildman–Crippen LogP) is 2.18. The highest BCUT2D eigenvalue weighted by Gasteiger charge is 2.29. The van der Waals surface area contributed by atoms with Gasteiger partial charge in [0.05, 0.1) is 4.90 Å². The van der Waals surface area contributed by atoms with Gasteiger partial charge in [0.1, 0.15) is 0 Å². The first kappa shape index (κ1) is 13.4. The lowest BCUT2D eigenvalue weighted by atomic mass is 10.1. The van der Waals surface area contributed by atoms with Gasteiger partial charge in [-0.25, -0.2) is 13.1 Å². The number of anilines is 1. The molecule has 0 spiro atoms. The molecular formula is C13H20N2O2S. The van der Waals surface area contributed by atoms with Crippen LogP contribution in [0.4, 0.5) is 5.69 Å². The number of hydrogen-bond donors (Lipinski definition) is 2. The second kappa shape index (κ2) is 4.90. The van der Waals surface area contributed by atoms with Gasteiger partial charge in [0.2, 0.25) is 10.0 Å². The fourth-order valence-electron chi connectivity index (χ4n) is 2.16. The van der Waals surface area contributed by atoms with Crippen molar-refractivity contribution >= 4 is 15.7 Å². The van der Waals surface area contributed by atoms with Gasteiger partial charge in [-0.3, -0.25) is 0 Å². The van der Waals surface area contributed by atoms with Gasteiger partial charge in [0, 0.05) is 18.3 Å². The maximum Gasteiger partial charge on any atom is 0.241 e. The maximum absolute atomic E-state index is 12.3. The van der Waals surface area contributed by atoms with Crippen LogP contribution < -0.4 is 10.0 Å². The monoisotopic (exact) mass is 268 g/mol. The summed E-state index contributed by atoms with van der Waals surface area (Å²) >= 11 is 0. The van der Waals surface area contributed by atoms with E-state index in [4.69, 9.17) is 0 Å². The van der Waals surface area contributed by atoms with Crippen LogP contribution >= 0.6 is 0 Å². The van der Waals surface area contributed by atoms with Gasteiger partial charge in [-0.1, -0.05) is 0 Å². The molecule has 4 nitrogen and oxygen atoms in total. The van der Waals surface area contributed by atoms with Gasteiger partial charge in [0.25, 0.3) is 0 Å². The third kappa shape index (κ3) is 2.84. The van der Waals surface area contributed by atoms with E-state index in [0.717, 1.165) is 36.2 Å². The van der Waals surface area contributed by atoms with Crippen LogP contribution in [0.15, 0.2) is 17.0 Å². The second-order valence-electron chi connectivity index (χ2n) is 4.87. The average Bonchev–Trinajstić information content (AvgIpc) is 2.99. The van der Waals surface area contributed by atoms with Crippen molar-refractivity contribution in [3.8, 4) is 0 Å². The van der Waals surface area contributed by atoms with Gasteiger partial charge >= 0.3 is 0 Å². The highest BCUT2D eigenvalue weighted by Crippen LogP contribution is 2.27. The fourth-order valence-corrected chi connectivity index (χ4v) is 3.92. The molecule has 0 saturated heterocycles. The summed E-state index contributed by atoms with van der Waals surface area (Å²) in [5.74, 6) is 0. The van der Waals surface area contributed by atoms with Crippen LogP contribution in [0.25, 0.3) is 0 Å². The van der Waals surface area contributed by atoms with Gasteiger partial charge < -0.3 is 5.32 Å². The Morgan fingerprint density at radius 3 is 2.22 bits per heavy atom. The second-order valence-corrected chi connectivity index (χ2v) is 6.52. The van der Waals surface area contributed by atoms with Crippen LogP contribution in [-0.2, 0) is 10.0 Å². The van der Waals surface area contributed by atoms with Crippen LogP contribution in [0, 0.1) is 13.8 Å². The topological polar surface area (TPSA) is 58.2 Å². The van der Waals surface area contributed by atoms with Gasteiger partial charge in [0.15, 0.2) is 0 Å². The Kier molecular flexibility index (Phi) is 3.64. The molecule has 0 unspecified atom stereocenters. The Bertz CT molecular complexity index is 525. The normalized spacial score (nSPS) is 15.7. The molecule has 1 aliphatic rings. The Morgan fingerprint density at radius 2 is 1.78 bits per heavy atom. The molecule has 100 valence electrons. The highest BCUT2D eigenvalue weighted by molar-refractivity contribution is 7.89. The molecule has 5 heteroatoms. The van der Waals surface area contributed by atoms with Gasteiger partial charge in [-0.05, 0) is 56.9 Å². The zero-order chi connectivity index (χ0) is 13.3. The zero-order valence-corrected chi connectivity index (χ0v) is 11.9. The number of sulfonamides is 1. The summed E-state index contributed by atoms with van der Waals surface area (Å²) in [6.07, 6.45) is 1.90. The fraction of sp³-hybridized carbons (Fsp3) is 0.538. The minimum atomic E-state index is -3.37. The molecule has 2 N–H and O–H groups in total. The molecule has 0 heterocycles. The third-order valence-electron chi connectivity index (χ3n) is 3.01. The van der Waals surface area contributed by atoms with Crippen molar-refractivity contribution in [2.45, 2.75) is 44.6 Å². The molecule has 1 aliphatic carbocycles. The minimum absolute atomic E-state index is 0.141. The maximum atomic E-state index is 12.3. The molecule has 0 bridgehead atoms. The van der Waals surface area contributed by atoms with Gasteiger partial charge in [-0.15, -0.1) is 0 Å². The van der Waals surface area contributed by atoms with E-state index in [1.807, 2.05) is 32.9 Å². The summed E-state index contributed by atoms with van der Waals surface area (Å²) in [6.45, 7) is 6.53. The van der Waals surface area contributed by atoms with E-state index in [9.17, 15) is 8.42 Å². The minimum Gasteiger partial charge on any atom is -0.385 e. The Morgan fingerprint density at radius 1 is 1.22 bits per heavy atom. The average molecular weight is 268 g/mol. The zero-order valence-electron chi connectivity index (χ0n) is 11.1. The first-order valence-corrected chi connectivity index (χ1v) is 7.80. The number of hydrogen-bond acceptors (Lipinski definition) is 3. The van der Waals surface area contributed by atoms with Crippen molar-refractivity contribution in [3.05, 3.63) is 23.3 Å². The number of aryl methyl sites for hydroxylation is 2. The summed E-state index contributed by atoms with van der Waals surface area (Å²) in [5, 5.41) is 3.21. The highest BCUT2D eigenvalue weighted by atomic mass is 32.2. The largest absolute Gasteiger partial charge is 0.385 e. The van der Waals surface area contributed by atoms with Crippen molar-refractivity contribution in [2.75, 3.05) is 11.9 Å². The number of nitrogens with one attached hydrogen (secondary N) is 2. The lowest BCUT2D eigenvalue weighted by Crippen LogP contribution is -2.27. The van der Waals surface area contributed by atoms with Crippen molar-refractivity contribution in [2.24, 2.45) is 0 Å². The van der Waals surface area contributed by atoms with Crippen LogP contribution in [0.2, 0.25) is 0 Å². The van der Waals surface area contributed by atoms with E-state index in [-0.39, 0.29) is 6.04 Å². The van der Waals surface area contributed by atoms with E-state index in [2.05, 4.69) is 10.0 Å². The Balaban J connectivity index is 2.37. The summed E-state index contributed by atoms with van der Waals surface area (Å²) in [6, 6.07) is 3.91. The van der Waals surface area contributed by atoms with Gasteiger partial charge in [-0.2, -0.15) is 0 Å². The van der Waals surface area contributed by atoms with Crippen molar-refractivity contribution in [3.63, 3.8) is 0 Å². The van der Waals surface area contributed by atoms with E-state index in [1.165, 1.54) is 0 Å². The summed E-state index contributed by atoms with van der Waals surface area (Å²) in [7, 11) is -3.37. The van der Waals surface area contributed by atoms with E-state index in [0.29, 0.717) is 4.90 Å². The van der Waals surface area contributed by atoms with Crippen molar-refractivity contribution in [1.29, 1.82) is 0 Å². The molecule has 18 heavy (non-hydrogen) atoms. The number of benzene rings is 1. The predicted molar refractivity (Wildman–Crippen MR) is 73.4 cm³/mol. The molecule has 0 radical (unpaired) electrons. The number of rotatable bonds is 5. The lowest BCUT2D eigenvalue weighted by Gasteiger charge is -2.14. The molecule has 1 saturated carbocycles. The van der Waals surface area contributed by atoms with E-state index < -0.39 is 10.0 Å². The smallest absolute Gasteiger partial charge is 0.241 e. The Hall–Kier alpha value is -1.07. The SMILES string of the molecule is CCNc1cc(C)c(S(=O)(=O)NC2CC2)c(C)c1. The van der Waals surface area contributed by atoms with Crippen LogP contribution in [0.5, 0.6) is 0 Å².